The zero-order chi connectivity index (χ0) is 21.8. The Balaban J connectivity index is 2.23. The van der Waals surface area contributed by atoms with Crippen LogP contribution in [0, 0.1) is 12.8 Å². The Bertz CT molecular complexity index is 976. The van der Waals surface area contributed by atoms with Gasteiger partial charge in [-0.3, -0.25) is 4.79 Å². The molecular weight excluding hydrogens is 412 g/mol. The number of halogens is 1. The quantitative estimate of drug-likeness (QED) is 0.655. The van der Waals surface area contributed by atoms with E-state index >= 15 is 0 Å². The third-order valence-corrected chi connectivity index (χ3v) is 6.22. The van der Waals surface area contributed by atoms with Gasteiger partial charge in [0.2, 0.25) is 15.9 Å². The lowest BCUT2D eigenvalue weighted by Gasteiger charge is -2.25. The molecule has 0 aliphatic rings. The van der Waals surface area contributed by atoms with Gasteiger partial charge in [0.1, 0.15) is 11.8 Å². The SMILES string of the molecule is COc1ccc(C)cc1C(C)NC(=O)[C@@H](NS(=O)(=O)c1cccc(Cl)c1)C(C)C. The highest BCUT2D eigenvalue weighted by atomic mass is 35.5. The van der Waals surface area contributed by atoms with Crippen molar-refractivity contribution in [2.45, 2.75) is 44.7 Å². The Morgan fingerprint density at radius 2 is 1.79 bits per heavy atom. The van der Waals surface area contributed by atoms with E-state index < -0.39 is 22.0 Å². The molecule has 1 unspecified atom stereocenters. The van der Waals surface area contributed by atoms with Gasteiger partial charge < -0.3 is 10.1 Å². The van der Waals surface area contributed by atoms with Gasteiger partial charge >= 0.3 is 0 Å². The van der Waals surface area contributed by atoms with E-state index in [0.29, 0.717) is 10.8 Å². The average Bonchev–Trinajstić information content (AvgIpc) is 2.65. The van der Waals surface area contributed by atoms with E-state index in [0.717, 1.165) is 11.1 Å². The predicted molar refractivity (Wildman–Crippen MR) is 115 cm³/mol. The van der Waals surface area contributed by atoms with Gasteiger partial charge in [0.05, 0.1) is 18.0 Å². The highest BCUT2D eigenvalue weighted by Crippen LogP contribution is 2.26. The molecular formula is C21H27ClN2O4S. The molecule has 8 heteroatoms. The Morgan fingerprint density at radius 3 is 2.38 bits per heavy atom. The predicted octanol–water partition coefficient (Wildman–Crippen LogP) is 3.84. The number of aryl methyl sites for hydroxylation is 1. The summed E-state index contributed by atoms with van der Waals surface area (Å²) in [7, 11) is -2.34. The lowest BCUT2D eigenvalue weighted by atomic mass is 10.0. The van der Waals surface area contributed by atoms with Gasteiger partial charge in [-0.25, -0.2) is 8.42 Å². The van der Waals surface area contributed by atoms with Gasteiger partial charge in [0.15, 0.2) is 0 Å². The van der Waals surface area contributed by atoms with Crippen molar-refractivity contribution in [2.24, 2.45) is 5.92 Å². The van der Waals surface area contributed by atoms with Crippen molar-refractivity contribution in [3.8, 4) is 5.75 Å². The van der Waals surface area contributed by atoms with Crippen LogP contribution in [-0.2, 0) is 14.8 Å². The molecule has 0 bridgehead atoms. The van der Waals surface area contributed by atoms with Crippen molar-refractivity contribution >= 4 is 27.5 Å². The molecule has 29 heavy (non-hydrogen) atoms. The van der Waals surface area contributed by atoms with Gasteiger partial charge in [0.25, 0.3) is 0 Å². The van der Waals surface area contributed by atoms with Crippen LogP contribution in [0.3, 0.4) is 0 Å². The number of carbonyl (C=O) groups excluding carboxylic acids is 1. The van der Waals surface area contributed by atoms with Crippen LogP contribution in [0.4, 0.5) is 0 Å². The van der Waals surface area contributed by atoms with Crippen molar-refractivity contribution in [3.05, 3.63) is 58.6 Å². The first-order chi connectivity index (χ1) is 13.5. The molecule has 2 N–H and O–H groups in total. The van der Waals surface area contributed by atoms with Gasteiger partial charge in [-0.2, -0.15) is 4.72 Å². The lowest BCUT2D eigenvalue weighted by Crippen LogP contribution is -2.50. The maximum absolute atomic E-state index is 12.9. The summed E-state index contributed by atoms with van der Waals surface area (Å²) in [6, 6.07) is 10.3. The lowest BCUT2D eigenvalue weighted by molar-refractivity contribution is -0.124. The Morgan fingerprint density at radius 1 is 1.10 bits per heavy atom. The minimum Gasteiger partial charge on any atom is -0.496 e. The van der Waals surface area contributed by atoms with Crippen molar-refractivity contribution in [2.75, 3.05) is 7.11 Å². The van der Waals surface area contributed by atoms with Crippen LogP contribution in [0.15, 0.2) is 47.4 Å². The standard InChI is InChI=1S/C21H27ClN2O4S/c1-13(2)20(24-29(26,27)17-8-6-7-16(22)12-17)21(25)23-15(4)18-11-14(3)9-10-19(18)28-5/h6-13,15,20,24H,1-5H3,(H,23,25)/t15?,20-/m0/s1. The van der Waals surface area contributed by atoms with E-state index in [4.69, 9.17) is 16.3 Å². The molecule has 0 aromatic heterocycles. The van der Waals surface area contributed by atoms with Crippen LogP contribution < -0.4 is 14.8 Å². The number of nitrogens with one attached hydrogen (secondary N) is 2. The molecule has 2 aromatic carbocycles. The summed E-state index contributed by atoms with van der Waals surface area (Å²) in [6.45, 7) is 7.34. The normalized spacial score (nSPS) is 13.8. The van der Waals surface area contributed by atoms with Gasteiger partial charge in [-0.15, -0.1) is 0 Å². The molecule has 0 saturated carbocycles. The van der Waals surface area contributed by atoms with E-state index in [2.05, 4.69) is 10.0 Å². The maximum Gasteiger partial charge on any atom is 0.241 e. The second-order valence-electron chi connectivity index (χ2n) is 7.28. The van der Waals surface area contributed by atoms with Crippen LogP contribution in [0.25, 0.3) is 0 Å². The Hall–Kier alpha value is -2.09. The summed E-state index contributed by atoms with van der Waals surface area (Å²) in [6.07, 6.45) is 0. The average molecular weight is 439 g/mol. The fraction of sp³-hybridized carbons (Fsp3) is 0.381. The summed E-state index contributed by atoms with van der Waals surface area (Å²) in [5, 5.41) is 3.20. The van der Waals surface area contributed by atoms with Crippen molar-refractivity contribution < 1.29 is 17.9 Å². The molecule has 2 aromatic rings. The first-order valence-electron chi connectivity index (χ1n) is 9.28. The van der Waals surface area contributed by atoms with Crippen LogP contribution in [0.2, 0.25) is 5.02 Å². The molecule has 0 fully saturated rings. The molecule has 2 atom stereocenters. The van der Waals surface area contributed by atoms with Crippen molar-refractivity contribution in [1.82, 2.24) is 10.0 Å². The molecule has 0 aliphatic heterocycles. The van der Waals surface area contributed by atoms with E-state index in [1.54, 1.807) is 33.1 Å². The Kier molecular flexibility index (Phi) is 7.68. The summed E-state index contributed by atoms with van der Waals surface area (Å²) in [5.74, 6) is -0.0266. The largest absolute Gasteiger partial charge is 0.496 e. The monoisotopic (exact) mass is 438 g/mol. The molecule has 0 heterocycles. The van der Waals surface area contributed by atoms with Gasteiger partial charge in [-0.05, 0) is 44.0 Å². The number of hydrogen-bond acceptors (Lipinski definition) is 4. The van der Waals surface area contributed by atoms with Crippen LogP contribution in [0.1, 0.15) is 37.9 Å². The smallest absolute Gasteiger partial charge is 0.241 e. The minimum atomic E-state index is -3.91. The summed E-state index contributed by atoms with van der Waals surface area (Å²) >= 11 is 5.91. The molecule has 6 nitrogen and oxygen atoms in total. The molecule has 2 rings (SSSR count). The third kappa shape index (κ3) is 5.95. The number of carbonyl (C=O) groups is 1. The van der Waals surface area contributed by atoms with Gasteiger partial charge in [-0.1, -0.05) is 49.2 Å². The van der Waals surface area contributed by atoms with Crippen LogP contribution in [0.5, 0.6) is 5.75 Å². The summed E-state index contributed by atoms with van der Waals surface area (Å²) < 4.78 is 33.4. The number of amides is 1. The fourth-order valence-electron chi connectivity index (χ4n) is 2.93. The highest BCUT2D eigenvalue weighted by molar-refractivity contribution is 7.89. The maximum atomic E-state index is 12.9. The zero-order valence-electron chi connectivity index (χ0n) is 17.2. The Labute approximate surface area is 177 Å². The second kappa shape index (κ2) is 9.61. The number of rotatable bonds is 8. The van der Waals surface area contributed by atoms with E-state index in [1.807, 2.05) is 32.0 Å². The number of ether oxygens (including phenoxy) is 1. The first kappa shape index (κ1) is 23.2. The number of benzene rings is 2. The third-order valence-electron chi connectivity index (χ3n) is 4.55. The van der Waals surface area contributed by atoms with Gasteiger partial charge in [0, 0.05) is 10.6 Å². The highest BCUT2D eigenvalue weighted by Gasteiger charge is 2.29. The van der Waals surface area contributed by atoms with E-state index in [1.165, 1.54) is 12.1 Å². The molecule has 0 radical (unpaired) electrons. The van der Waals surface area contributed by atoms with Crippen LogP contribution >= 0.6 is 11.6 Å². The zero-order valence-corrected chi connectivity index (χ0v) is 18.8. The molecule has 0 spiro atoms. The number of methoxy groups -OCH3 is 1. The second-order valence-corrected chi connectivity index (χ2v) is 9.43. The first-order valence-corrected chi connectivity index (χ1v) is 11.1. The van der Waals surface area contributed by atoms with Crippen LogP contribution in [-0.4, -0.2) is 27.5 Å². The molecule has 158 valence electrons. The fourth-order valence-corrected chi connectivity index (χ4v) is 4.58. The number of sulfonamides is 1. The summed E-state index contributed by atoms with van der Waals surface area (Å²) in [4.78, 5) is 12.9. The molecule has 1 amide bonds. The van der Waals surface area contributed by atoms with Crippen molar-refractivity contribution in [3.63, 3.8) is 0 Å². The molecule has 0 saturated heterocycles. The topological polar surface area (TPSA) is 84.5 Å². The summed E-state index contributed by atoms with van der Waals surface area (Å²) in [5.41, 5.74) is 1.85. The van der Waals surface area contributed by atoms with E-state index in [-0.39, 0.29) is 16.9 Å². The molecule has 0 aliphatic carbocycles. The number of hydrogen-bond donors (Lipinski definition) is 2. The van der Waals surface area contributed by atoms with E-state index in [9.17, 15) is 13.2 Å². The minimum absolute atomic E-state index is 0.0110. The van der Waals surface area contributed by atoms with Crippen molar-refractivity contribution in [1.29, 1.82) is 0 Å².